The number of carbonyl (C=O) groups excluding carboxylic acids is 2. The Balaban J connectivity index is 1.83. The molecule has 1 aromatic heterocycles. The maximum Gasteiger partial charge on any atom is 0.322 e. The zero-order chi connectivity index (χ0) is 16.8. The molecular formula is C14H17FN6O2. The fourth-order valence-corrected chi connectivity index (χ4v) is 1.68. The summed E-state index contributed by atoms with van der Waals surface area (Å²) in [6, 6.07) is 5.63. The summed E-state index contributed by atoms with van der Waals surface area (Å²) in [6.45, 7) is 0.106. The molecule has 122 valence electrons. The molecular weight excluding hydrogens is 303 g/mol. The lowest BCUT2D eigenvalue weighted by atomic mass is 10.2. The predicted molar refractivity (Wildman–Crippen MR) is 81.0 cm³/mol. The lowest BCUT2D eigenvalue weighted by Gasteiger charge is -2.09. The first-order valence-corrected chi connectivity index (χ1v) is 6.83. The van der Waals surface area contributed by atoms with Crippen molar-refractivity contribution in [3.63, 3.8) is 0 Å². The van der Waals surface area contributed by atoms with Gasteiger partial charge in [0, 0.05) is 20.6 Å². The highest BCUT2D eigenvalue weighted by molar-refractivity contribution is 5.87. The molecule has 0 bridgehead atoms. The Morgan fingerprint density at radius 1 is 1.35 bits per heavy atom. The third kappa shape index (κ3) is 5.06. The smallest absolute Gasteiger partial charge is 0.322 e. The first kappa shape index (κ1) is 16.4. The van der Waals surface area contributed by atoms with E-state index in [-0.39, 0.29) is 36.7 Å². The van der Waals surface area contributed by atoms with E-state index < -0.39 is 0 Å². The molecule has 0 aliphatic rings. The van der Waals surface area contributed by atoms with Gasteiger partial charge in [0.2, 0.25) is 5.91 Å². The van der Waals surface area contributed by atoms with Gasteiger partial charge in [-0.25, -0.2) is 9.18 Å². The van der Waals surface area contributed by atoms with Crippen LogP contribution in [-0.4, -0.2) is 45.9 Å². The third-order valence-electron chi connectivity index (χ3n) is 2.84. The molecule has 0 spiro atoms. The Bertz CT molecular complexity index is 700. The van der Waals surface area contributed by atoms with Gasteiger partial charge in [0.1, 0.15) is 12.4 Å². The number of halogens is 1. The van der Waals surface area contributed by atoms with E-state index in [1.165, 1.54) is 23.2 Å². The van der Waals surface area contributed by atoms with E-state index in [0.717, 1.165) is 4.80 Å². The molecule has 3 amide bonds. The quantitative estimate of drug-likeness (QED) is 0.853. The van der Waals surface area contributed by atoms with Crippen LogP contribution in [-0.2, 0) is 17.9 Å². The van der Waals surface area contributed by atoms with E-state index >= 15 is 0 Å². The minimum atomic E-state index is -0.355. The average Bonchev–Trinajstić information content (AvgIpc) is 2.92. The molecule has 2 aromatic rings. The van der Waals surface area contributed by atoms with Crippen LogP contribution < -0.4 is 10.6 Å². The molecule has 0 radical (unpaired) electrons. The number of anilines is 1. The van der Waals surface area contributed by atoms with Crippen molar-refractivity contribution in [3.05, 3.63) is 41.8 Å². The van der Waals surface area contributed by atoms with Gasteiger partial charge in [-0.1, -0.05) is 12.1 Å². The number of amides is 3. The van der Waals surface area contributed by atoms with Crippen LogP contribution in [0, 0.1) is 5.82 Å². The van der Waals surface area contributed by atoms with Gasteiger partial charge < -0.3 is 10.2 Å². The van der Waals surface area contributed by atoms with Gasteiger partial charge in [0.15, 0.2) is 5.82 Å². The zero-order valence-electron chi connectivity index (χ0n) is 12.8. The maximum atomic E-state index is 13.0. The van der Waals surface area contributed by atoms with Gasteiger partial charge in [-0.05, 0) is 17.7 Å². The first-order chi connectivity index (χ1) is 10.9. The summed E-state index contributed by atoms with van der Waals surface area (Å²) in [4.78, 5) is 25.8. The van der Waals surface area contributed by atoms with Crippen molar-refractivity contribution < 1.29 is 14.0 Å². The number of benzene rings is 1. The van der Waals surface area contributed by atoms with Gasteiger partial charge in [0.25, 0.3) is 0 Å². The van der Waals surface area contributed by atoms with Crippen molar-refractivity contribution in [3.8, 4) is 0 Å². The summed E-state index contributed by atoms with van der Waals surface area (Å²) in [6.07, 6.45) is 1.35. The highest BCUT2D eigenvalue weighted by Crippen LogP contribution is 2.03. The molecule has 0 saturated carbocycles. The summed E-state index contributed by atoms with van der Waals surface area (Å²) in [5.41, 5.74) is 0.658. The zero-order valence-corrected chi connectivity index (χ0v) is 12.8. The highest BCUT2D eigenvalue weighted by atomic mass is 19.1. The molecule has 1 heterocycles. The number of nitrogens with zero attached hydrogens (tertiary/aromatic N) is 4. The Morgan fingerprint density at radius 2 is 2.13 bits per heavy atom. The number of hydrogen-bond acceptors (Lipinski definition) is 4. The second-order valence-corrected chi connectivity index (χ2v) is 4.99. The number of urea groups is 1. The normalized spacial score (nSPS) is 10.2. The van der Waals surface area contributed by atoms with E-state index in [2.05, 4.69) is 20.8 Å². The molecule has 0 saturated heterocycles. The summed E-state index contributed by atoms with van der Waals surface area (Å²) >= 11 is 0. The largest absolute Gasteiger partial charge is 0.350 e. The minimum Gasteiger partial charge on any atom is -0.350 e. The van der Waals surface area contributed by atoms with Crippen LogP contribution in [0.3, 0.4) is 0 Å². The van der Waals surface area contributed by atoms with E-state index in [0.29, 0.717) is 5.56 Å². The van der Waals surface area contributed by atoms with Crippen LogP contribution in [0.2, 0.25) is 0 Å². The van der Waals surface area contributed by atoms with E-state index in [1.54, 1.807) is 26.2 Å². The fourth-order valence-electron chi connectivity index (χ4n) is 1.68. The number of hydrogen-bond donors (Lipinski definition) is 2. The summed E-state index contributed by atoms with van der Waals surface area (Å²) in [5.74, 6) is -0.427. The Kier molecular flexibility index (Phi) is 5.23. The fraction of sp³-hybridized carbons (Fsp3) is 0.286. The third-order valence-corrected chi connectivity index (χ3v) is 2.84. The molecule has 0 fully saturated rings. The van der Waals surface area contributed by atoms with E-state index in [9.17, 15) is 14.0 Å². The molecule has 0 aliphatic carbocycles. The first-order valence-electron chi connectivity index (χ1n) is 6.83. The number of nitrogens with one attached hydrogen (secondary N) is 2. The van der Waals surface area contributed by atoms with Gasteiger partial charge >= 0.3 is 6.03 Å². The monoisotopic (exact) mass is 320 g/mol. The van der Waals surface area contributed by atoms with Crippen molar-refractivity contribution in [2.45, 2.75) is 13.1 Å². The Labute approximate surface area is 132 Å². The Morgan fingerprint density at radius 3 is 2.83 bits per heavy atom. The van der Waals surface area contributed by atoms with Crippen LogP contribution in [0.1, 0.15) is 5.56 Å². The van der Waals surface area contributed by atoms with Gasteiger partial charge in [0.05, 0.1) is 6.20 Å². The van der Waals surface area contributed by atoms with Crippen molar-refractivity contribution in [2.75, 3.05) is 19.4 Å². The SMILES string of the molecule is CN(C)C(=O)Nc1cnn(CC(=O)NCc2cccc(F)c2)n1. The van der Waals surface area contributed by atoms with Crippen LogP contribution in [0.5, 0.6) is 0 Å². The van der Waals surface area contributed by atoms with Crippen molar-refractivity contribution in [1.29, 1.82) is 0 Å². The van der Waals surface area contributed by atoms with Gasteiger partial charge in [-0.15, -0.1) is 5.10 Å². The molecule has 0 aliphatic heterocycles. The van der Waals surface area contributed by atoms with Crippen LogP contribution in [0.15, 0.2) is 30.5 Å². The van der Waals surface area contributed by atoms with Gasteiger partial charge in [-0.2, -0.15) is 9.90 Å². The Hall–Kier alpha value is -2.97. The molecule has 8 nitrogen and oxygen atoms in total. The lowest BCUT2D eigenvalue weighted by Crippen LogP contribution is -2.29. The maximum absolute atomic E-state index is 13.0. The van der Waals surface area contributed by atoms with E-state index in [4.69, 9.17) is 0 Å². The standard InChI is InChI=1S/C14H17FN6O2/c1-20(2)14(23)18-12-8-17-21(19-12)9-13(22)16-7-10-4-3-5-11(15)6-10/h3-6,8H,7,9H2,1-2H3,(H,16,22)(H,18,19,23). The number of carbonyl (C=O) groups is 2. The molecule has 0 atom stereocenters. The van der Waals surface area contributed by atoms with Crippen molar-refractivity contribution >= 4 is 17.8 Å². The molecule has 9 heteroatoms. The van der Waals surface area contributed by atoms with Crippen molar-refractivity contribution in [2.24, 2.45) is 0 Å². The molecule has 1 aromatic carbocycles. The minimum absolute atomic E-state index is 0.104. The van der Waals surface area contributed by atoms with Crippen LogP contribution in [0.25, 0.3) is 0 Å². The topological polar surface area (TPSA) is 92.2 Å². The molecule has 2 N–H and O–H groups in total. The van der Waals surface area contributed by atoms with Crippen LogP contribution >= 0.6 is 0 Å². The van der Waals surface area contributed by atoms with Crippen molar-refractivity contribution in [1.82, 2.24) is 25.2 Å². The molecule has 0 unspecified atom stereocenters. The summed E-state index contributed by atoms with van der Waals surface area (Å²) < 4.78 is 13.0. The molecule has 2 rings (SSSR count). The second kappa shape index (κ2) is 7.34. The van der Waals surface area contributed by atoms with Crippen LogP contribution in [0.4, 0.5) is 15.0 Å². The summed E-state index contributed by atoms with van der Waals surface area (Å²) in [7, 11) is 3.19. The molecule has 23 heavy (non-hydrogen) atoms. The highest BCUT2D eigenvalue weighted by Gasteiger charge is 2.09. The number of rotatable bonds is 5. The average molecular weight is 320 g/mol. The lowest BCUT2D eigenvalue weighted by molar-refractivity contribution is -0.122. The number of aromatic nitrogens is 3. The van der Waals surface area contributed by atoms with E-state index in [1.807, 2.05) is 0 Å². The second-order valence-electron chi connectivity index (χ2n) is 4.99. The predicted octanol–water partition coefficient (Wildman–Crippen LogP) is 0.827. The summed E-state index contributed by atoms with van der Waals surface area (Å²) in [5, 5.41) is 13.0. The van der Waals surface area contributed by atoms with Gasteiger partial charge in [-0.3, -0.25) is 10.1 Å².